The Balaban J connectivity index is 1.70. The molecule has 21 heavy (non-hydrogen) atoms. The molecular formula is C15H17ClN4S. The first-order valence-electron chi connectivity index (χ1n) is 6.90. The lowest BCUT2D eigenvalue weighted by Crippen LogP contribution is -2.46. The van der Waals surface area contributed by atoms with E-state index in [0.717, 1.165) is 37.2 Å². The molecule has 0 atom stereocenters. The lowest BCUT2D eigenvalue weighted by atomic mass is 10.2. The van der Waals surface area contributed by atoms with Gasteiger partial charge in [-0.15, -0.1) is 0 Å². The Morgan fingerprint density at radius 1 is 1.00 bits per heavy atom. The lowest BCUT2D eigenvalue weighted by Gasteiger charge is -2.36. The Kier molecular flexibility index (Phi) is 4.51. The molecule has 0 bridgehead atoms. The second-order valence-electron chi connectivity index (χ2n) is 4.85. The van der Waals surface area contributed by atoms with Gasteiger partial charge in [0.25, 0.3) is 0 Å². The number of thioether (sulfide) groups is 1. The summed E-state index contributed by atoms with van der Waals surface area (Å²) in [5.74, 6) is 0.923. The summed E-state index contributed by atoms with van der Waals surface area (Å²) in [6.45, 7) is 3.85. The first-order valence-corrected chi connectivity index (χ1v) is 8.50. The molecule has 1 aromatic heterocycles. The van der Waals surface area contributed by atoms with Crippen molar-refractivity contribution in [2.24, 2.45) is 0 Å². The van der Waals surface area contributed by atoms with E-state index in [9.17, 15) is 0 Å². The van der Waals surface area contributed by atoms with Crippen molar-refractivity contribution >= 4 is 34.9 Å². The molecule has 0 aliphatic carbocycles. The Bertz CT molecular complexity index is 600. The molecule has 1 aromatic carbocycles. The van der Waals surface area contributed by atoms with E-state index in [1.807, 2.05) is 18.4 Å². The molecule has 2 aromatic rings. The molecule has 110 valence electrons. The molecule has 1 aliphatic rings. The summed E-state index contributed by atoms with van der Waals surface area (Å²) >= 11 is 7.59. The van der Waals surface area contributed by atoms with Crippen molar-refractivity contribution in [1.82, 2.24) is 9.97 Å². The van der Waals surface area contributed by atoms with Gasteiger partial charge >= 0.3 is 0 Å². The van der Waals surface area contributed by atoms with Crippen LogP contribution >= 0.6 is 23.4 Å². The van der Waals surface area contributed by atoms with Gasteiger partial charge < -0.3 is 9.80 Å². The van der Waals surface area contributed by atoms with Gasteiger partial charge in [0.1, 0.15) is 11.0 Å². The largest absolute Gasteiger partial charge is 0.368 e. The predicted octanol–water partition coefficient (Wildman–Crippen LogP) is 3.18. The summed E-state index contributed by atoms with van der Waals surface area (Å²) in [5.41, 5.74) is 1.28. The molecule has 0 amide bonds. The number of benzene rings is 1. The van der Waals surface area contributed by atoms with E-state index >= 15 is 0 Å². The molecule has 6 heteroatoms. The van der Waals surface area contributed by atoms with E-state index in [1.165, 1.54) is 17.4 Å². The van der Waals surface area contributed by atoms with Gasteiger partial charge in [-0.1, -0.05) is 41.6 Å². The number of hydrogen-bond acceptors (Lipinski definition) is 5. The third-order valence-corrected chi connectivity index (χ3v) is 4.31. The summed E-state index contributed by atoms with van der Waals surface area (Å²) in [5, 5.41) is 1.23. The van der Waals surface area contributed by atoms with Crippen LogP contribution in [-0.4, -0.2) is 42.4 Å². The minimum atomic E-state index is 0.509. The van der Waals surface area contributed by atoms with Crippen molar-refractivity contribution in [3.05, 3.63) is 41.6 Å². The van der Waals surface area contributed by atoms with Crippen molar-refractivity contribution < 1.29 is 0 Å². The van der Waals surface area contributed by atoms with Crippen LogP contribution in [0.2, 0.25) is 5.15 Å². The van der Waals surface area contributed by atoms with Crippen LogP contribution in [0.5, 0.6) is 0 Å². The van der Waals surface area contributed by atoms with Gasteiger partial charge in [0.15, 0.2) is 5.16 Å². The van der Waals surface area contributed by atoms with Gasteiger partial charge in [-0.05, 0) is 18.4 Å². The summed E-state index contributed by atoms with van der Waals surface area (Å²) in [6, 6.07) is 12.4. The van der Waals surface area contributed by atoms with Crippen molar-refractivity contribution in [2.75, 3.05) is 42.2 Å². The Morgan fingerprint density at radius 2 is 1.67 bits per heavy atom. The van der Waals surface area contributed by atoms with Crippen LogP contribution in [0, 0.1) is 0 Å². The van der Waals surface area contributed by atoms with Crippen LogP contribution in [0.4, 0.5) is 11.5 Å². The first kappa shape index (κ1) is 14.5. The molecule has 0 unspecified atom stereocenters. The SMILES string of the molecule is CSc1nc(Cl)cc(N2CCN(c3ccccc3)CC2)n1. The Labute approximate surface area is 134 Å². The monoisotopic (exact) mass is 320 g/mol. The zero-order valence-electron chi connectivity index (χ0n) is 11.9. The van der Waals surface area contributed by atoms with Crippen molar-refractivity contribution in [1.29, 1.82) is 0 Å². The van der Waals surface area contributed by atoms with Crippen molar-refractivity contribution in [3.8, 4) is 0 Å². The van der Waals surface area contributed by atoms with Crippen LogP contribution in [0.15, 0.2) is 41.6 Å². The van der Waals surface area contributed by atoms with Gasteiger partial charge in [0.05, 0.1) is 0 Å². The van der Waals surface area contributed by atoms with Gasteiger partial charge in [-0.2, -0.15) is 0 Å². The van der Waals surface area contributed by atoms with E-state index in [0.29, 0.717) is 5.15 Å². The summed E-state index contributed by atoms with van der Waals surface area (Å²) in [7, 11) is 0. The highest BCUT2D eigenvalue weighted by Gasteiger charge is 2.19. The standard InChI is InChI=1S/C15H17ClN4S/c1-21-15-17-13(16)11-14(18-15)20-9-7-19(8-10-20)12-5-3-2-4-6-12/h2-6,11H,7-10H2,1H3. The van der Waals surface area contributed by atoms with Crippen LogP contribution in [0.1, 0.15) is 0 Å². The maximum Gasteiger partial charge on any atom is 0.190 e. The van der Waals surface area contributed by atoms with E-state index in [4.69, 9.17) is 11.6 Å². The quantitative estimate of drug-likeness (QED) is 0.493. The number of nitrogens with zero attached hydrogens (tertiary/aromatic N) is 4. The average Bonchev–Trinajstić information content (AvgIpc) is 2.55. The van der Waals surface area contributed by atoms with Crippen LogP contribution in [0.25, 0.3) is 0 Å². The zero-order chi connectivity index (χ0) is 14.7. The number of para-hydroxylation sites is 1. The summed E-state index contributed by atoms with van der Waals surface area (Å²) < 4.78 is 0. The molecule has 3 rings (SSSR count). The van der Waals surface area contributed by atoms with Crippen LogP contribution < -0.4 is 9.80 Å². The molecule has 0 N–H and O–H groups in total. The maximum absolute atomic E-state index is 6.07. The fourth-order valence-corrected chi connectivity index (χ4v) is 3.07. The zero-order valence-corrected chi connectivity index (χ0v) is 13.4. The highest BCUT2D eigenvalue weighted by Crippen LogP contribution is 2.23. The predicted molar refractivity (Wildman–Crippen MR) is 89.7 cm³/mol. The first-order chi connectivity index (χ1) is 10.3. The van der Waals surface area contributed by atoms with E-state index < -0.39 is 0 Å². The fraction of sp³-hybridized carbons (Fsp3) is 0.333. The number of halogens is 1. The van der Waals surface area contributed by atoms with Gasteiger partial charge in [-0.25, -0.2) is 9.97 Å². The number of rotatable bonds is 3. The van der Waals surface area contributed by atoms with Crippen molar-refractivity contribution in [3.63, 3.8) is 0 Å². The Morgan fingerprint density at radius 3 is 2.33 bits per heavy atom. The second kappa shape index (κ2) is 6.54. The Hall–Kier alpha value is -1.46. The highest BCUT2D eigenvalue weighted by atomic mass is 35.5. The van der Waals surface area contributed by atoms with E-state index in [1.54, 1.807) is 0 Å². The van der Waals surface area contributed by atoms with Crippen LogP contribution in [-0.2, 0) is 0 Å². The molecule has 2 heterocycles. The van der Waals surface area contributed by atoms with Crippen molar-refractivity contribution in [2.45, 2.75) is 5.16 Å². The average molecular weight is 321 g/mol. The number of aromatic nitrogens is 2. The summed E-state index contributed by atoms with van der Waals surface area (Å²) in [6.07, 6.45) is 1.96. The van der Waals surface area contributed by atoms with Gasteiger partial charge in [0.2, 0.25) is 0 Å². The van der Waals surface area contributed by atoms with Crippen LogP contribution in [0.3, 0.4) is 0 Å². The second-order valence-corrected chi connectivity index (χ2v) is 6.01. The molecule has 1 fully saturated rings. The number of anilines is 2. The third-order valence-electron chi connectivity index (χ3n) is 3.57. The molecule has 1 aliphatic heterocycles. The highest BCUT2D eigenvalue weighted by molar-refractivity contribution is 7.98. The molecule has 1 saturated heterocycles. The van der Waals surface area contributed by atoms with E-state index in [-0.39, 0.29) is 0 Å². The number of hydrogen-bond donors (Lipinski definition) is 0. The minimum absolute atomic E-state index is 0.509. The topological polar surface area (TPSA) is 32.3 Å². The smallest absolute Gasteiger partial charge is 0.190 e. The molecule has 0 radical (unpaired) electrons. The maximum atomic E-state index is 6.07. The minimum Gasteiger partial charge on any atom is -0.368 e. The molecule has 0 saturated carbocycles. The molecule has 4 nitrogen and oxygen atoms in total. The molecular weight excluding hydrogens is 304 g/mol. The summed E-state index contributed by atoms with van der Waals surface area (Å²) in [4.78, 5) is 13.4. The fourth-order valence-electron chi connectivity index (χ4n) is 2.47. The molecule has 0 spiro atoms. The lowest BCUT2D eigenvalue weighted by molar-refractivity contribution is 0.643. The third kappa shape index (κ3) is 3.41. The van der Waals surface area contributed by atoms with Gasteiger partial charge in [-0.3, -0.25) is 0 Å². The number of piperazine rings is 1. The van der Waals surface area contributed by atoms with Gasteiger partial charge in [0, 0.05) is 37.9 Å². The normalized spacial score (nSPS) is 15.3. The van der Waals surface area contributed by atoms with E-state index in [2.05, 4.69) is 44.0 Å².